The van der Waals surface area contributed by atoms with Crippen LogP contribution < -0.4 is 0 Å². The summed E-state index contributed by atoms with van der Waals surface area (Å²) in [7, 11) is 1.60. The first-order valence-corrected chi connectivity index (χ1v) is 11.0. The molecular weight excluding hydrogens is 429 g/mol. The number of nitrogens with zero attached hydrogens (tertiary/aromatic N) is 5. The predicted octanol–water partition coefficient (Wildman–Crippen LogP) is 5.57. The van der Waals surface area contributed by atoms with Crippen molar-refractivity contribution < 1.29 is 9.60 Å². The van der Waals surface area contributed by atoms with Gasteiger partial charge in [-0.05, 0) is 53.6 Å². The van der Waals surface area contributed by atoms with Crippen LogP contribution in [0.4, 0.5) is 4.39 Å². The van der Waals surface area contributed by atoms with Gasteiger partial charge >= 0.3 is 0 Å². The van der Waals surface area contributed by atoms with Crippen LogP contribution in [-0.2, 0) is 6.54 Å². The first kappa shape index (κ1) is 21.9. The third-order valence-corrected chi connectivity index (χ3v) is 5.82. The normalized spacial score (nSPS) is 12.4. The van der Waals surface area contributed by atoms with Crippen LogP contribution in [0.25, 0.3) is 28.3 Å². The summed E-state index contributed by atoms with van der Waals surface area (Å²) >= 11 is 0. The molecule has 0 spiro atoms. The van der Waals surface area contributed by atoms with Gasteiger partial charge in [0.1, 0.15) is 17.3 Å². The quantitative estimate of drug-likeness (QED) is 0.341. The van der Waals surface area contributed by atoms with Crippen LogP contribution in [0.5, 0.6) is 0 Å². The van der Waals surface area contributed by atoms with Gasteiger partial charge in [-0.25, -0.2) is 19.3 Å². The minimum atomic E-state index is -0.302. The molecule has 1 N–H and O–H groups in total. The van der Waals surface area contributed by atoms with Gasteiger partial charge < -0.3 is 5.21 Å². The number of aromatic nitrogens is 4. The summed E-state index contributed by atoms with van der Waals surface area (Å²) < 4.78 is 15.6. The molecule has 1 atom stereocenters. The van der Waals surface area contributed by atoms with Gasteiger partial charge in [0.05, 0.1) is 17.1 Å². The van der Waals surface area contributed by atoms with Crippen molar-refractivity contribution in [3.63, 3.8) is 0 Å². The molecule has 0 amide bonds. The smallest absolute Gasteiger partial charge is 0.138 e. The molecule has 0 fully saturated rings. The van der Waals surface area contributed by atoms with Gasteiger partial charge in [-0.15, -0.1) is 0 Å². The lowest BCUT2D eigenvalue weighted by molar-refractivity contribution is -0.0731. The standard InChI is InChI=1S/C27H24FN5O/c1-18(20-6-4-3-5-7-20)27-29-14-12-23(30-27)26-25(21-8-10-22(28)11-9-21)31-24-16-19(17-32(2)34)13-15-33(24)26/h3-16,18,34H,17H2,1-2H3/t18-/m0/s1. The molecule has 0 aliphatic rings. The summed E-state index contributed by atoms with van der Waals surface area (Å²) in [5.74, 6) is 0.423. The number of rotatable bonds is 6. The minimum absolute atomic E-state index is 0.0151. The number of imidazole rings is 1. The maximum Gasteiger partial charge on any atom is 0.138 e. The van der Waals surface area contributed by atoms with Gasteiger partial charge in [0, 0.05) is 37.5 Å². The van der Waals surface area contributed by atoms with Gasteiger partial charge in [0.25, 0.3) is 0 Å². The molecule has 0 saturated carbocycles. The van der Waals surface area contributed by atoms with Crippen molar-refractivity contribution in [3.8, 4) is 22.6 Å². The van der Waals surface area contributed by atoms with Crippen LogP contribution >= 0.6 is 0 Å². The largest absolute Gasteiger partial charge is 0.314 e. The van der Waals surface area contributed by atoms with E-state index in [4.69, 9.17) is 9.97 Å². The zero-order valence-electron chi connectivity index (χ0n) is 18.9. The van der Waals surface area contributed by atoms with Crippen LogP contribution in [0.2, 0.25) is 0 Å². The lowest BCUT2D eigenvalue weighted by atomic mass is 10.0. The topological polar surface area (TPSA) is 66.5 Å². The molecule has 6 nitrogen and oxygen atoms in total. The number of halogens is 1. The third kappa shape index (κ3) is 4.31. The maximum absolute atomic E-state index is 13.6. The van der Waals surface area contributed by atoms with Gasteiger partial charge in [-0.3, -0.25) is 4.40 Å². The minimum Gasteiger partial charge on any atom is -0.314 e. The van der Waals surface area contributed by atoms with Crippen molar-refractivity contribution in [2.24, 2.45) is 0 Å². The Hall–Kier alpha value is -3.94. The van der Waals surface area contributed by atoms with E-state index >= 15 is 0 Å². The first-order valence-electron chi connectivity index (χ1n) is 11.0. The summed E-state index contributed by atoms with van der Waals surface area (Å²) in [6.07, 6.45) is 3.69. The Morgan fingerprint density at radius 2 is 1.76 bits per heavy atom. The summed E-state index contributed by atoms with van der Waals surface area (Å²) in [6, 6.07) is 22.2. The van der Waals surface area contributed by atoms with Crippen molar-refractivity contribution in [3.05, 3.63) is 108 Å². The maximum atomic E-state index is 13.6. The second kappa shape index (κ2) is 9.13. The van der Waals surface area contributed by atoms with Gasteiger partial charge in [0.15, 0.2) is 0 Å². The van der Waals surface area contributed by atoms with Crippen LogP contribution in [0.3, 0.4) is 0 Å². The zero-order valence-corrected chi connectivity index (χ0v) is 18.9. The van der Waals surface area contributed by atoms with E-state index in [0.717, 1.165) is 33.1 Å². The highest BCUT2D eigenvalue weighted by Crippen LogP contribution is 2.33. The fraction of sp³-hybridized carbons (Fsp3) is 0.148. The first-order chi connectivity index (χ1) is 16.5. The summed E-state index contributed by atoms with van der Waals surface area (Å²) in [5, 5.41) is 10.8. The van der Waals surface area contributed by atoms with Crippen molar-refractivity contribution in [1.82, 2.24) is 24.4 Å². The van der Waals surface area contributed by atoms with E-state index in [0.29, 0.717) is 23.7 Å². The van der Waals surface area contributed by atoms with E-state index in [-0.39, 0.29) is 11.7 Å². The number of benzene rings is 2. The molecule has 0 unspecified atom stereocenters. The zero-order chi connectivity index (χ0) is 23.7. The molecule has 7 heteroatoms. The van der Waals surface area contributed by atoms with E-state index in [9.17, 15) is 9.60 Å². The Bertz CT molecular complexity index is 1430. The Kier molecular flexibility index (Phi) is 5.88. The third-order valence-electron chi connectivity index (χ3n) is 5.82. The van der Waals surface area contributed by atoms with E-state index < -0.39 is 0 Å². The molecule has 3 heterocycles. The van der Waals surface area contributed by atoms with Crippen LogP contribution in [-0.4, -0.2) is 36.7 Å². The molecule has 34 heavy (non-hydrogen) atoms. The second-order valence-corrected chi connectivity index (χ2v) is 8.33. The van der Waals surface area contributed by atoms with Gasteiger partial charge in [-0.1, -0.05) is 37.3 Å². The SMILES string of the molecule is C[C@@H](c1ccccc1)c1nccc(-c2c(-c3ccc(F)cc3)nc3cc(CN(C)O)ccn23)n1. The Labute approximate surface area is 197 Å². The fourth-order valence-corrected chi connectivity index (χ4v) is 4.11. The predicted molar refractivity (Wildman–Crippen MR) is 129 cm³/mol. The van der Waals surface area contributed by atoms with E-state index in [2.05, 4.69) is 24.0 Å². The molecule has 3 aromatic heterocycles. The number of hydrogen-bond acceptors (Lipinski definition) is 5. The van der Waals surface area contributed by atoms with Crippen LogP contribution in [0, 0.1) is 5.82 Å². The van der Waals surface area contributed by atoms with E-state index in [1.165, 1.54) is 12.1 Å². The Morgan fingerprint density at radius 1 is 1.00 bits per heavy atom. The molecule has 170 valence electrons. The molecule has 0 bridgehead atoms. The summed E-state index contributed by atoms with van der Waals surface area (Å²) in [6.45, 7) is 2.46. The van der Waals surface area contributed by atoms with Gasteiger partial charge in [0.2, 0.25) is 0 Å². The fourth-order valence-electron chi connectivity index (χ4n) is 4.11. The molecular formula is C27H24FN5O. The van der Waals surface area contributed by atoms with Gasteiger partial charge in [-0.2, -0.15) is 5.06 Å². The molecule has 5 rings (SSSR count). The van der Waals surface area contributed by atoms with Crippen molar-refractivity contribution >= 4 is 5.65 Å². The lowest BCUT2D eigenvalue weighted by Crippen LogP contribution is -2.11. The molecule has 0 aliphatic carbocycles. The van der Waals surface area contributed by atoms with Crippen molar-refractivity contribution in [2.75, 3.05) is 7.05 Å². The monoisotopic (exact) mass is 453 g/mol. The Balaban J connectivity index is 1.67. The van der Waals surface area contributed by atoms with Crippen LogP contribution in [0.1, 0.15) is 29.8 Å². The van der Waals surface area contributed by atoms with E-state index in [1.807, 2.05) is 47.0 Å². The number of hydroxylamine groups is 2. The molecule has 2 aromatic carbocycles. The van der Waals surface area contributed by atoms with Crippen molar-refractivity contribution in [1.29, 1.82) is 0 Å². The Morgan fingerprint density at radius 3 is 2.50 bits per heavy atom. The van der Waals surface area contributed by atoms with E-state index in [1.54, 1.807) is 25.4 Å². The highest BCUT2D eigenvalue weighted by Gasteiger charge is 2.20. The lowest BCUT2D eigenvalue weighted by Gasteiger charge is -2.12. The molecule has 0 radical (unpaired) electrons. The molecule has 0 aliphatic heterocycles. The highest BCUT2D eigenvalue weighted by molar-refractivity contribution is 5.80. The number of fused-ring (bicyclic) bond motifs is 1. The average Bonchev–Trinajstić information content (AvgIpc) is 3.23. The van der Waals surface area contributed by atoms with Crippen molar-refractivity contribution in [2.45, 2.75) is 19.4 Å². The second-order valence-electron chi connectivity index (χ2n) is 8.33. The molecule has 0 saturated heterocycles. The number of pyridine rings is 1. The average molecular weight is 454 g/mol. The van der Waals surface area contributed by atoms with Crippen LogP contribution in [0.15, 0.2) is 85.2 Å². The summed E-state index contributed by atoms with van der Waals surface area (Å²) in [4.78, 5) is 14.3. The highest BCUT2D eigenvalue weighted by atomic mass is 19.1. The number of hydrogen-bond donors (Lipinski definition) is 1. The molecule has 5 aromatic rings. The summed E-state index contributed by atoms with van der Waals surface area (Å²) in [5.41, 5.74) is 5.78.